The standard InChI is InChI=1S/C19H18ClN3O2/c1-22(12-15-11-16(20)5-8-18(15)25-2)19(24)14-3-6-17(7-4-14)23-10-9-21-13-23/h3-11,13H,12H2,1-2H3. The van der Waals surface area contributed by atoms with E-state index < -0.39 is 0 Å². The molecular formula is C19H18ClN3O2. The number of hydrogen-bond acceptors (Lipinski definition) is 3. The molecule has 6 heteroatoms. The summed E-state index contributed by atoms with van der Waals surface area (Å²) in [6.45, 7) is 0.409. The second-order valence-corrected chi connectivity index (χ2v) is 6.07. The fraction of sp³-hybridized carbons (Fsp3) is 0.158. The smallest absolute Gasteiger partial charge is 0.253 e. The van der Waals surface area contributed by atoms with Crippen LogP contribution in [0.25, 0.3) is 5.69 Å². The van der Waals surface area contributed by atoms with Crippen LogP contribution in [-0.4, -0.2) is 34.5 Å². The van der Waals surface area contributed by atoms with Gasteiger partial charge in [0.25, 0.3) is 5.91 Å². The van der Waals surface area contributed by atoms with E-state index in [0.29, 0.717) is 22.9 Å². The van der Waals surface area contributed by atoms with Gasteiger partial charge in [0.15, 0.2) is 0 Å². The quantitative estimate of drug-likeness (QED) is 0.699. The number of carbonyl (C=O) groups excluding carboxylic acids is 1. The maximum atomic E-state index is 12.7. The number of imidazole rings is 1. The highest BCUT2D eigenvalue weighted by molar-refractivity contribution is 6.30. The zero-order chi connectivity index (χ0) is 17.8. The van der Waals surface area contributed by atoms with Crippen molar-refractivity contribution >= 4 is 17.5 Å². The Hall–Kier alpha value is -2.79. The van der Waals surface area contributed by atoms with Gasteiger partial charge in [-0.1, -0.05) is 11.6 Å². The number of methoxy groups -OCH3 is 1. The summed E-state index contributed by atoms with van der Waals surface area (Å²) >= 11 is 6.05. The Morgan fingerprint density at radius 1 is 1.24 bits per heavy atom. The van der Waals surface area contributed by atoms with E-state index in [4.69, 9.17) is 16.3 Å². The van der Waals surface area contributed by atoms with Gasteiger partial charge in [-0.2, -0.15) is 0 Å². The maximum absolute atomic E-state index is 12.7. The molecule has 0 saturated heterocycles. The third-order valence-corrected chi connectivity index (χ3v) is 4.15. The van der Waals surface area contributed by atoms with E-state index in [9.17, 15) is 4.79 Å². The van der Waals surface area contributed by atoms with Crippen LogP contribution in [0.4, 0.5) is 0 Å². The van der Waals surface area contributed by atoms with Crippen molar-refractivity contribution in [2.45, 2.75) is 6.54 Å². The molecule has 1 aromatic heterocycles. The van der Waals surface area contributed by atoms with Crippen LogP contribution in [0.5, 0.6) is 5.75 Å². The lowest BCUT2D eigenvalue weighted by Gasteiger charge is -2.19. The monoisotopic (exact) mass is 355 g/mol. The van der Waals surface area contributed by atoms with E-state index in [-0.39, 0.29) is 5.91 Å². The van der Waals surface area contributed by atoms with Crippen LogP contribution in [0.1, 0.15) is 15.9 Å². The normalized spacial score (nSPS) is 10.5. The summed E-state index contributed by atoms with van der Waals surface area (Å²) in [7, 11) is 3.36. The summed E-state index contributed by atoms with van der Waals surface area (Å²) in [6, 6.07) is 12.8. The van der Waals surface area contributed by atoms with E-state index in [2.05, 4.69) is 4.98 Å². The molecule has 0 aliphatic carbocycles. The number of benzene rings is 2. The molecule has 3 aromatic rings. The molecule has 0 saturated carbocycles. The topological polar surface area (TPSA) is 47.4 Å². The largest absolute Gasteiger partial charge is 0.496 e. The van der Waals surface area contributed by atoms with Crippen molar-refractivity contribution in [3.05, 3.63) is 77.3 Å². The van der Waals surface area contributed by atoms with Gasteiger partial charge in [0.05, 0.1) is 13.4 Å². The summed E-state index contributed by atoms with van der Waals surface area (Å²) in [5, 5.41) is 0.612. The Morgan fingerprint density at radius 3 is 2.64 bits per heavy atom. The first kappa shape index (κ1) is 17.0. The molecule has 0 spiro atoms. The molecule has 5 nitrogen and oxygen atoms in total. The number of amides is 1. The number of halogens is 1. The van der Waals surface area contributed by atoms with Gasteiger partial charge in [-0.3, -0.25) is 4.79 Å². The zero-order valence-corrected chi connectivity index (χ0v) is 14.8. The van der Waals surface area contributed by atoms with E-state index in [1.807, 2.05) is 41.1 Å². The minimum absolute atomic E-state index is 0.0702. The maximum Gasteiger partial charge on any atom is 0.253 e. The minimum atomic E-state index is -0.0702. The molecule has 0 bridgehead atoms. The number of nitrogens with zero attached hydrogens (tertiary/aromatic N) is 3. The van der Waals surface area contributed by atoms with E-state index >= 15 is 0 Å². The van der Waals surface area contributed by atoms with Gasteiger partial charge in [-0.15, -0.1) is 0 Å². The van der Waals surface area contributed by atoms with Gasteiger partial charge in [0.1, 0.15) is 5.75 Å². The molecule has 2 aromatic carbocycles. The number of carbonyl (C=O) groups is 1. The number of rotatable bonds is 5. The summed E-state index contributed by atoms with van der Waals surface area (Å²) in [4.78, 5) is 18.3. The summed E-state index contributed by atoms with van der Waals surface area (Å²) in [5.74, 6) is 0.638. The average Bonchev–Trinajstić information content (AvgIpc) is 3.16. The van der Waals surface area contributed by atoms with Crippen molar-refractivity contribution in [1.82, 2.24) is 14.5 Å². The molecule has 0 radical (unpaired) electrons. The molecule has 1 amide bonds. The van der Waals surface area contributed by atoms with Crippen LogP contribution in [0.2, 0.25) is 5.02 Å². The predicted octanol–water partition coefficient (Wildman–Crippen LogP) is 3.81. The van der Waals surface area contributed by atoms with Crippen LogP contribution in [0.15, 0.2) is 61.2 Å². The Morgan fingerprint density at radius 2 is 2.00 bits per heavy atom. The Kier molecular flexibility index (Phi) is 5.05. The highest BCUT2D eigenvalue weighted by Crippen LogP contribution is 2.24. The molecule has 1 heterocycles. The second-order valence-electron chi connectivity index (χ2n) is 5.63. The summed E-state index contributed by atoms with van der Waals surface area (Å²) in [6.07, 6.45) is 5.29. The van der Waals surface area contributed by atoms with Gasteiger partial charge in [0, 0.05) is 47.8 Å². The number of ether oxygens (including phenoxy) is 1. The molecule has 0 atom stereocenters. The molecular weight excluding hydrogens is 338 g/mol. The molecule has 25 heavy (non-hydrogen) atoms. The third-order valence-electron chi connectivity index (χ3n) is 3.91. The van der Waals surface area contributed by atoms with Crippen molar-refractivity contribution < 1.29 is 9.53 Å². The average molecular weight is 356 g/mol. The van der Waals surface area contributed by atoms with Gasteiger partial charge in [-0.25, -0.2) is 4.98 Å². The minimum Gasteiger partial charge on any atom is -0.496 e. The predicted molar refractivity (Wildman–Crippen MR) is 97.4 cm³/mol. The van der Waals surface area contributed by atoms with Crippen LogP contribution in [0, 0.1) is 0 Å². The first-order chi connectivity index (χ1) is 12.1. The zero-order valence-electron chi connectivity index (χ0n) is 14.0. The first-order valence-corrected chi connectivity index (χ1v) is 8.12. The number of hydrogen-bond donors (Lipinski definition) is 0. The molecule has 0 aliphatic heterocycles. The van der Waals surface area contributed by atoms with Crippen molar-refractivity contribution in [2.24, 2.45) is 0 Å². The van der Waals surface area contributed by atoms with Crippen molar-refractivity contribution in [3.63, 3.8) is 0 Å². The molecule has 0 aliphatic rings. The molecule has 3 rings (SSSR count). The summed E-state index contributed by atoms with van der Waals surface area (Å²) < 4.78 is 7.22. The fourth-order valence-corrected chi connectivity index (χ4v) is 2.80. The van der Waals surface area contributed by atoms with E-state index in [0.717, 1.165) is 11.3 Å². The van der Waals surface area contributed by atoms with Crippen LogP contribution in [-0.2, 0) is 6.54 Å². The van der Waals surface area contributed by atoms with Gasteiger partial charge in [-0.05, 0) is 42.5 Å². The van der Waals surface area contributed by atoms with Gasteiger partial charge < -0.3 is 14.2 Å². The fourth-order valence-electron chi connectivity index (χ4n) is 2.61. The van der Waals surface area contributed by atoms with Crippen molar-refractivity contribution in [3.8, 4) is 11.4 Å². The lowest BCUT2D eigenvalue weighted by Crippen LogP contribution is -2.26. The van der Waals surface area contributed by atoms with Crippen molar-refractivity contribution in [1.29, 1.82) is 0 Å². The van der Waals surface area contributed by atoms with Crippen molar-refractivity contribution in [2.75, 3.05) is 14.2 Å². The van der Waals surface area contributed by atoms with Gasteiger partial charge >= 0.3 is 0 Å². The highest BCUT2D eigenvalue weighted by atomic mass is 35.5. The Labute approximate surface area is 151 Å². The lowest BCUT2D eigenvalue weighted by molar-refractivity contribution is 0.0784. The first-order valence-electron chi connectivity index (χ1n) is 7.75. The van der Waals surface area contributed by atoms with Crippen LogP contribution >= 0.6 is 11.6 Å². The molecule has 0 fully saturated rings. The van der Waals surface area contributed by atoms with Gasteiger partial charge in [0.2, 0.25) is 0 Å². The lowest BCUT2D eigenvalue weighted by atomic mass is 10.1. The molecule has 0 N–H and O–H groups in total. The number of aromatic nitrogens is 2. The van der Waals surface area contributed by atoms with E-state index in [1.165, 1.54) is 0 Å². The van der Waals surface area contributed by atoms with E-state index in [1.54, 1.807) is 43.7 Å². The Bertz CT molecular complexity index is 861. The second kappa shape index (κ2) is 7.40. The Balaban J connectivity index is 1.75. The van der Waals surface area contributed by atoms with Crippen LogP contribution < -0.4 is 4.74 Å². The summed E-state index contributed by atoms with van der Waals surface area (Å²) in [5.41, 5.74) is 2.43. The molecule has 0 unspecified atom stereocenters. The highest BCUT2D eigenvalue weighted by Gasteiger charge is 2.14. The molecule has 128 valence electrons. The van der Waals surface area contributed by atoms with Crippen LogP contribution in [0.3, 0.4) is 0 Å². The SMILES string of the molecule is COc1ccc(Cl)cc1CN(C)C(=O)c1ccc(-n2ccnc2)cc1. The third kappa shape index (κ3) is 3.83.